The summed E-state index contributed by atoms with van der Waals surface area (Å²) < 4.78 is 5.71. The van der Waals surface area contributed by atoms with E-state index >= 15 is 0 Å². The standard InChI is InChI=1S/C6H7NOS/c1-4-5(2)9-6(7-4)8-3/h1-2H2,3H3. The molecule has 9 heavy (non-hydrogen) atoms. The molecule has 0 saturated heterocycles. The van der Waals surface area contributed by atoms with Crippen molar-refractivity contribution in [1.29, 1.82) is 0 Å². The summed E-state index contributed by atoms with van der Waals surface area (Å²) in [5.41, 5.74) is 0. The molecule has 1 rings (SSSR count). The molecule has 0 N–H and O–H groups in total. The average molecular weight is 141 g/mol. The van der Waals surface area contributed by atoms with E-state index in [1.165, 1.54) is 11.3 Å². The number of thiazole rings is 1. The molecule has 1 aromatic heterocycles. The first kappa shape index (κ1) is 6.29. The highest BCUT2D eigenvalue weighted by atomic mass is 32.1. The largest absolute Gasteiger partial charge is 0.473 e. The second-order valence-electron chi connectivity index (χ2n) is 1.55. The maximum atomic E-state index is 4.84. The molecule has 0 spiro atoms. The zero-order valence-corrected chi connectivity index (χ0v) is 5.99. The average Bonchev–Trinajstić information content (AvgIpc) is 2.13. The lowest BCUT2D eigenvalue weighted by Crippen LogP contribution is -2.15. The Bertz CT molecular complexity index is 263. The van der Waals surface area contributed by atoms with Crippen LogP contribution in [0, 0.1) is 0 Å². The van der Waals surface area contributed by atoms with Gasteiger partial charge in [0.15, 0.2) is 0 Å². The van der Waals surface area contributed by atoms with E-state index in [9.17, 15) is 0 Å². The van der Waals surface area contributed by atoms with Crippen LogP contribution in [0.25, 0.3) is 13.2 Å². The van der Waals surface area contributed by atoms with Crippen molar-refractivity contribution in [3.63, 3.8) is 0 Å². The molecule has 0 aromatic carbocycles. The van der Waals surface area contributed by atoms with Gasteiger partial charge in [0.05, 0.1) is 17.0 Å². The fourth-order valence-corrected chi connectivity index (χ4v) is 1.06. The van der Waals surface area contributed by atoms with Crippen LogP contribution in [-0.2, 0) is 0 Å². The van der Waals surface area contributed by atoms with Gasteiger partial charge in [-0.15, -0.1) is 0 Å². The highest BCUT2D eigenvalue weighted by Gasteiger charge is 1.92. The maximum Gasteiger partial charge on any atom is 0.273 e. The molecule has 0 aliphatic carbocycles. The first-order valence-corrected chi connectivity index (χ1v) is 3.24. The zero-order valence-electron chi connectivity index (χ0n) is 5.18. The third kappa shape index (κ3) is 1.10. The molecule has 3 heteroatoms. The molecule has 0 radical (unpaired) electrons. The van der Waals surface area contributed by atoms with Gasteiger partial charge in [0, 0.05) is 0 Å². The van der Waals surface area contributed by atoms with Gasteiger partial charge in [-0.05, 0) is 0 Å². The van der Waals surface area contributed by atoms with Crippen LogP contribution in [0.3, 0.4) is 0 Å². The molecule has 1 aromatic rings. The molecule has 0 amide bonds. The van der Waals surface area contributed by atoms with Gasteiger partial charge in [-0.1, -0.05) is 24.5 Å². The molecule has 0 saturated carbocycles. The van der Waals surface area contributed by atoms with Crippen LogP contribution in [-0.4, -0.2) is 12.1 Å². The first-order valence-electron chi connectivity index (χ1n) is 2.42. The Balaban J connectivity index is 3.29. The summed E-state index contributed by atoms with van der Waals surface area (Å²) in [4.78, 5) is 3.95. The summed E-state index contributed by atoms with van der Waals surface area (Å²) in [6.45, 7) is 7.35. The van der Waals surface area contributed by atoms with Crippen molar-refractivity contribution in [1.82, 2.24) is 4.98 Å². The van der Waals surface area contributed by atoms with Crippen molar-refractivity contribution in [2.45, 2.75) is 0 Å². The summed E-state index contributed by atoms with van der Waals surface area (Å²) in [6.07, 6.45) is 0. The molecule has 0 bridgehead atoms. The highest BCUT2D eigenvalue weighted by Crippen LogP contribution is 2.03. The van der Waals surface area contributed by atoms with Crippen molar-refractivity contribution in [3.05, 3.63) is 9.88 Å². The minimum absolute atomic E-state index is 0.630. The van der Waals surface area contributed by atoms with E-state index in [1.54, 1.807) is 7.11 Å². The van der Waals surface area contributed by atoms with E-state index in [0.717, 1.165) is 4.53 Å². The monoisotopic (exact) mass is 141 g/mol. The fourth-order valence-electron chi connectivity index (χ4n) is 0.447. The lowest BCUT2D eigenvalue weighted by atomic mass is 10.7. The maximum absolute atomic E-state index is 4.84. The molecule has 2 nitrogen and oxygen atoms in total. The normalized spacial score (nSPS) is 9.44. The minimum Gasteiger partial charge on any atom is -0.473 e. The molecule has 0 atom stereocenters. The molecule has 48 valence electrons. The lowest BCUT2D eigenvalue weighted by Gasteiger charge is -1.84. The quantitative estimate of drug-likeness (QED) is 0.548. The van der Waals surface area contributed by atoms with Crippen LogP contribution < -0.4 is 14.6 Å². The smallest absolute Gasteiger partial charge is 0.273 e. The summed E-state index contributed by atoms with van der Waals surface area (Å²) in [5.74, 6) is 0. The second kappa shape index (κ2) is 2.19. The van der Waals surface area contributed by atoms with Gasteiger partial charge in [0.2, 0.25) is 0 Å². The summed E-state index contributed by atoms with van der Waals surface area (Å²) in [6, 6.07) is 0. The van der Waals surface area contributed by atoms with E-state index in [1.807, 2.05) is 0 Å². The van der Waals surface area contributed by atoms with E-state index in [2.05, 4.69) is 18.1 Å². The molecular formula is C6H7NOS. The number of hydrogen-bond donors (Lipinski definition) is 0. The molecule has 0 unspecified atom stereocenters. The van der Waals surface area contributed by atoms with Gasteiger partial charge < -0.3 is 4.74 Å². The van der Waals surface area contributed by atoms with Gasteiger partial charge in [0.25, 0.3) is 5.19 Å². The van der Waals surface area contributed by atoms with Crippen LogP contribution in [0.5, 0.6) is 5.19 Å². The van der Waals surface area contributed by atoms with E-state index in [0.29, 0.717) is 10.5 Å². The van der Waals surface area contributed by atoms with Crippen LogP contribution in [0.4, 0.5) is 0 Å². The van der Waals surface area contributed by atoms with Gasteiger partial charge in [0.1, 0.15) is 0 Å². The minimum atomic E-state index is 0.630. The Morgan fingerprint density at radius 3 is 2.44 bits per heavy atom. The van der Waals surface area contributed by atoms with Crippen LogP contribution in [0.15, 0.2) is 0 Å². The van der Waals surface area contributed by atoms with Crippen molar-refractivity contribution >= 4 is 24.5 Å². The zero-order chi connectivity index (χ0) is 6.85. The van der Waals surface area contributed by atoms with Crippen molar-refractivity contribution in [3.8, 4) is 5.19 Å². The number of methoxy groups -OCH3 is 1. The number of aromatic nitrogens is 1. The summed E-state index contributed by atoms with van der Waals surface area (Å²) in [5, 5.41) is 1.34. The van der Waals surface area contributed by atoms with Crippen LogP contribution in [0.2, 0.25) is 0 Å². The first-order chi connectivity index (χ1) is 4.24. The number of ether oxygens (including phenoxy) is 1. The summed E-state index contributed by atoms with van der Waals surface area (Å²) in [7, 11) is 1.58. The number of hydrogen-bond acceptors (Lipinski definition) is 3. The van der Waals surface area contributed by atoms with Gasteiger partial charge in [-0.3, -0.25) is 0 Å². The van der Waals surface area contributed by atoms with Gasteiger partial charge >= 0.3 is 0 Å². The van der Waals surface area contributed by atoms with E-state index < -0.39 is 0 Å². The third-order valence-corrected chi connectivity index (χ3v) is 1.85. The fraction of sp³-hybridized carbons (Fsp3) is 0.167. The summed E-state index contributed by atoms with van der Waals surface area (Å²) >= 11 is 1.41. The number of rotatable bonds is 1. The Hall–Kier alpha value is -0.830. The predicted molar refractivity (Wildman–Crippen MR) is 39.0 cm³/mol. The molecular weight excluding hydrogens is 134 g/mol. The Kier molecular flexibility index (Phi) is 1.53. The van der Waals surface area contributed by atoms with Gasteiger partial charge in [-0.2, -0.15) is 0 Å². The van der Waals surface area contributed by atoms with E-state index in [4.69, 9.17) is 4.74 Å². The topological polar surface area (TPSA) is 22.1 Å². The Morgan fingerprint density at radius 1 is 1.56 bits per heavy atom. The van der Waals surface area contributed by atoms with Crippen molar-refractivity contribution in [2.75, 3.05) is 7.11 Å². The Morgan fingerprint density at radius 2 is 2.22 bits per heavy atom. The third-order valence-electron chi connectivity index (χ3n) is 0.933. The SMILES string of the molecule is C=c1nc(OC)sc1=C. The second-order valence-corrected chi connectivity index (χ2v) is 2.60. The molecule has 0 aliphatic rings. The van der Waals surface area contributed by atoms with Crippen molar-refractivity contribution < 1.29 is 4.74 Å². The highest BCUT2D eigenvalue weighted by molar-refractivity contribution is 7.11. The van der Waals surface area contributed by atoms with E-state index in [-0.39, 0.29) is 0 Å². The van der Waals surface area contributed by atoms with Gasteiger partial charge in [-0.25, -0.2) is 4.98 Å². The Labute approximate surface area is 57.1 Å². The van der Waals surface area contributed by atoms with Crippen LogP contribution in [0.1, 0.15) is 0 Å². The van der Waals surface area contributed by atoms with Crippen LogP contribution >= 0.6 is 11.3 Å². The predicted octanol–water partition coefficient (Wildman–Crippen LogP) is -0.0277. The number of nitrogens with zero attached hydrogens (tertiary/aromatic N) is 1. The molecule has 0 fully saturated rings. The van der Waals surface area contributed by atoms with Crippen molar-refractivity contribution in [2.24, 2.45) is 0 Å². The molecule has 1 heterocycles. The lowest BCUT2D eigenvalue weighted by molar-refractivity contribution is 0.411. The molecule has 0 aliphatic heterocycles.